The van der Waals surface area contributed by atoms with E-state index in [1.165, 1.54) is 44.5 Å². The highest BCUT2D eigenvalue weighted by Gasteiger charge is 2.38. The summed E-state index contributed by atoms with van der Waals surface area (Å²) in [6.45, 7) is 0. The zero-order valence-electron chi connectivity index (χ0n) is 18.4. The molecule has 0 N–H and O–H groups in total. The summed E-state index contributed by atoms with van der Waals surface area (Å²) in [6, 6.07) is 23.4. The van der Waals surface area contributed by atoms with Crippen molar-refractivity contribution in [2.75, 3.05) is 14.2 Å². The van der Waals surface area contributed by atoms with Crippen molar-refractivity contribution in [1.29, 1.82) is 0 Å². The Morgan fingerprint density at radius 2 is 1.16 bits per heavy atom. The highest BCUT2D eigenvalue weighted by molar-refractivity contribution is 5.86. The number of benzene rings is 3. The molecule has 0 aliphatic heterocycles. The highest BCUT2D eigenvalue weighted by Crippen LogP contribution is 2.48. The van der Waals surface area contributed by atoms with E-state index in [2.05, 4.69) is 54.6 Å². The van der Waals surface area contributed by atoms with Crippen molar-refractivity contribution in [3.63, 3.8) is 0 Å². The minimum absolute atomic E-state index is 0.894. The van der Waals surface area contributed by atoms with Crippen molar-refractivity contribution >= 4 is 0 Å². The first-order valence-electron chi connectivity index (χ1n) is 11.2. The summed E-state index contributed by atoms with van der Waals surface area (Å²) in [5, 5.41) is 0. The zero-order chi connectivity index (χ0) is 21.7. The van der Waals surface area contributed by atoms with Crippen molar-refractivity contribution in [3.8, 4) is 45.3 Å². The predicted molar refractivity (Wildman–Crippen MR) is 127 cm³/mol. The van der Waals surface area contributed by atoms with Crippen LogP contribution in [-0.4, -0.2) is 14.2 Å². The van der Waals surface area contributed by atoms with Gasteiger partial charge in [0, 0.05) is 5.56 Å². The number of ether oxygens (including phenoxy) is 2. The van der Waals surface area contributed by atoms with Crippen LogP contribution in [0.5, 0.6) is 11.5 Å². The molecule has 3 aromatic carbocycles. The Bertz CT molecular complexity index is 1260. The van der Waals surface area contributed by atoms with Crippen molar-refractivity contribution in [2.24, 2.45) is 0 Å². The van der Waals surface area contributed by atoms with Gasteiger partial charge in [-0.25, -0.2) is 4.42 Å². The van der Waals surface area contributed by atoms with E-state index in [-0.39, 0.29) is 0 Å². The third kappa shape index (κ3) is 2.92. The molecule has 0 atom stereocenters. The Hall–Kier alpha value is -3.59. The van der Waals surface area contributed by atoms with E-state index in [9.17, 15) is 0 Å². The Labute approximate surface area is 188 Å². The second-order valence-corrected chi connectivity index (χ2v) is 8.50. The molecule has 1 heterocycles. The first kappa shape index (κ1) is 19.1. The van der Waals surface area contributed by atoms with Crippen LogP contribution >= 0.6 is 0 Å². The average Bonchev–Trinajstić information content (AvgIpc) is 2.86. The number of hydrogen-bond donors (Lipinski definition) is 0. The number of methoxy groups -OCH3 is 2. The summed E-state index contributed by atoms with van der Waals surface area (Å²) in [5.41, 5.74) is 10.2. The molecule has 0 amide bonds. The molecular formula is C29H25O3+. The van der Waals surface area contributed by atoms with Crippen molar-refractivity contribution in [2.45, 2.75) is 25.7 Å². The molecule has 3 nitrogen and oxygen atoms in total. The maximum Gasteiger partial charge on any atom is 0.364 e. The van der Waals surface area contributed by atoms with E-state index in [1.807, 2.05) is 12.1 Å². The third-order valence-corrected chi connectivity index (χ3v) is 6.82. The standard InChI is InChI=1S/C29H25O3/c1-30-21-10-14-23-19(16-21)8-12-25-27(18-6-4-3-5-7-18)26-13-9-20-17-22(31-2)11-15-24(20)29(26)32-28(23)25/h3-7,10-11,14-17H,8-9,12-13H2,1-2H3/q+1. The van der Waals surface area contributed by atoms with E-state index in [4.69, 9.17) is 13.9 Å². The topological polar surface area (TPSA) is 29.8 Å². The first-order chi connectivity index (χ1) is 15.8. The van der Waals surface area contributed by atoms with E-state index >= 15 is 0 Å². The van der Waals surface area contributed by atoms with Gasteiger partial charge in [-0.3, -0.25) is 0 Å². The largest absolute Gasteiger partial charge is 0.497 e. The van der Waals surface area contributed by atoms with Crippen LogP contribution in [0.4, 0.5) is 0 Å². The van der Waals surface area contributed by atoms with Gasteiger partial charge in [-0.2, -0.15) is 0 Å². The second-order valence-electron chi connectivity index (χ2n) is 8.50. The average molecular weight is 422 g/mol. The molecule has 4 aromatic rings. The lowest BCUT2D eigenvalue weighted by atomic mass is 9.79. The normalized spacial score (nSPS) is 13.4. The molecule has 2 aliphatic rings. The van der Waals surface area contributed by atoms with Gasteiger partial charge in [0.15, 0.2) is 0 Å². The van der Waals surface area contributed by atoms with E-state index in [0.29, 0.717) is 0 Å². The lowest BCUT2D eigenvalue weighted by molar-refractivity contribution is 0.414. The molecule has 32 heavy (non-hydrogen) atoms. The van der Waals surface area contributed by atoms with Gasteiger partial charge in [0.05, 0.1) is 36.5 Å². The lowest BCUT2D eigenvalue weighted by Gasteiger charge is -2.22. The summed E-state index contributed by atoms with van der Waals surface area (Å²) >= 11 is 0. The molecular weight excluding hydrogens is 396 g/mol. The quantitative estimate of drug-likeness (QED) is 0.342. The smallest absolute Gasteiger partial charge is 0.364 e. The molecule has 0 bridgehead atoms. The Morgan fingerprint density at radius 3 is 1.66 bits per heavy atom. The fraction of sp³-hybridized carbons (Fsp3) is 0.207. The van der Waals surface area contributed by atoms with Crippen LogP contribution < -0.4 is 9.47 Å². The van der Waals surface area contributed by atoms with E-state index in [1.54, 1.807) is 14.2 Å². The summed E-state index contributed by atoms with van der Waals surface area (Å²) < 4.78 is 17.8. The Balaban J connectivity index is 1.65. The minimum atomic E-state index is 0.894. The molecule has 0 radical (unpaired) electrons. The molecule has 0 spiro atoms. The van der Waals surface area contributed by atoms with Crippen molar-refractivity contribution < 1.29 is 13.9 Å². The van der Waals surface area contributed by atoms with Gasteiger partial charge in [-0.15, -0.1) is 0 Å². The molecule has 0 unspecified atom stereocenters. The summed E-state index contributed by atoms with van der Waals surface area (Å²) in [4.78, 5) is 0. The van der Waals surface area contributed by atoms with E-state index < -0.39 is 0 Å². The molecule has 0 fully saturated rings. The fourth-order valence-electron chi connectivity index (χ4n) is 5.27. The van der Waals surface area contributed by atoms with Gasteiger partial charge in [-0.05, 0) is 78.8 Å². The maximum atomic E-state index is 6.80. The molecule has 158 valence electrons. The lowest BCUT2D eigenvalue weighted by Crippen LogP contribution is -2.12. The Kier molecular flexibility index (Phi) is 4.50. The van der Waals surface area contributed by atoms with Gasteiger partial charge in [0.2, 0.25) is 0 Å². The molecule has 0 saturated heterocycles. The van der Waals surface area contributed by atoms with Gasteiger partial charge in [0.25, 0.3) is 0 Å². The highest BCUT2D eigenvalue weighted by atomic mass is 16.5. The van der Waals surface area contributed by atoms with Gasteiger partial charge < -0.3 is 9.47 Å². The number of fused-ring (bicyclic) bond motifs is 6. The molecule has 3 heteroatoms. The number of aryl methyl sites for hydroxylation is 2. The first-order valence-corrected chi connectivity index (χ1v) is 11.2. The minimum Gasteiger partial charge on any atom is -0.497 e. The molecule has 6 rings (SSSR count). The Morgan fingerprint density at radius 1 is 0.625 bits per heavy atom. The van der Waals surface area contributed by atoms with Crippen LogP contribution in [0, 0.1) is 0 Å². The van der Waals surface area contributed by atoms with Crippen molar-refractivity contribution in [3.05, 3.63) is 89.0 Å². The zero-order valence-corrected chi connectivity index (χ0v) is 18.4. The molecule has 2 aliphatic carbocycles. The predicted octanol–water partition coefficient (Wildman–Crippen LogP) is 6.78. The van der Waals surface area contributed by atoms with E-state index in [0.717, 1.165) is 48.7 Å². The molecule has 0 saturated carbocycles. The van der Waals surface area contributed by atoms with Crippen LogP contribution in [0.1, 0.15) is 22.3 Å². The van der Waals surface area contributed by atoms with Crippen LogP contribution in [0.2, 0.25) is 0 Å². The molecule has 1 aromatic heterocycles. The SMILES string of the molecule is COc1ccc2c(c1)CCc1c-2[o+]c2c(c1-c1ccccc1)CCc1cc(OC)ccc1-2. The summed E-state index contributed by atoms with van der Waals surface area (Å²) in [5.74, 6) is 3.78. The third-order valence-electron chi connectivity index (χ3n) is 6.82. The summed E-state index contributed by atoms with van der Waals surface area (Å²) in [7, 11) is 3.44. The van der Waals surface area contributed by atoms with Crippen LogP contribution in [0.25, 0.3) is 33.8 Å². The van der Waals surface area contributed by atoms with Gasteiger partial charge >= 0.3 is 11.5 Å². The van der Waals surface area contributed by atoms with Gasteiger partial charge in [-0.1, -0.05) is 30.3 Å². The van der Waals surface area contributed by atoms with Crippen LogP contribution in [-0.2, 0) is 25.7 Å². The van der Waals surface area contributed by atoms with Crippen molar-refractivity contribution in [1.82, 2.24) is 0 Å². The number of rotatable bonds is 3. The summed E-state index contributed by atoms with van der Waals surface area (Å²) in [6.07, 6.45) is 3.90. The monoisotopic (exact) mass is 421 g/mol. The second kappa shape index (κ2) is 7.52. The van der Waals surface area contributed by atoms with Crippen LogP contribution in [0.3, 0.4) is 0 Å². The number of hydrogen-bond acceptors (Lipinski definition) is 2. The van der Waals surface area contributed by atoms with Gasteiger partial charge in [0.1, 0.15) is 11.5 Å². The van der Waals surface area contributed by atoms with Crippen LogP contribution in [0.15, 0.2) is 71.1 Å². The fourth-order valence-corrected chi connectivity index (χ4v) is 5.27. The maximum absolute atomic E-state index is 6.80.